The van der Waals surface area contributed by atoms with E-state index in [1.54, 1.807) is 0 Å². The van der Waals surface area contributed by atoms with Gasteiger partial charge >= 0.3 is 0 Å². The number of carbonyl (C=O) groups is 1. The van der Waals surface area contributed by atoms with Crippen LogP contribution < -0.4 is 5.32 Å². The number of aryl methyl sites for hydroxylation is 1. The predicted molar refractivity (Wildman–Crippen MR) is 119 cm³/mol. The Kier molecular flexibility index (Phi) is 7.66. The van der Waals surface area contributed by atoms with E-state index in [-0.39, 0.29) is 5.91 Å². The molecule has 4 nitrogen and oxygen atoms in total. The molecule has 2 aromatic carbocycles. The number of fused-ring (bicyclic) bond motifs is 1. The number of unbranched alkanes of at least 4 members (excludes halogenated alkanes) is 4. The Bertz CT molecular complexity index is 902. The van der Waals surface area contributed by atoms with Gasteiger partial charge in [-0.15, -0.1) is 0 Å². The van der Waals surface area contributed by atoms with Gasteiger partial charge in [0.05, 0.1) is 11.0 Å². The van der Waals surface area contributed by atoms with Crippen LogP contribution in [0, 0.1) is 0 Å². The Morgan fingerprint density at radius 1 is 1.04 bits per heavy atom. The number of halogens is 1. The number of aromatic nitrogens is 2. The first-order chi connectivity index (χ1) is 13.7. The zero-order valence-electron chi connectivity index (χ0n) is 16.5. The van der Waals surface area contributed by atoms with Crippen LogP contribution in [0.25, 0.3) is 11.0 Å². The molecule has 1 amide bonds. The average molecular weight is 442 g/mol. The van der Waals surface area contributed by atoms with Crippen molar-refractivity contribution < 1.29 is 4.79 Å². The summed E-state index contributed by atoms with van der Waals surface area (Å²) in [4.78, 5) is 17.1. The van der Waals surface area contributed by atoms with Crippen molar-refractivity contribution >= 4 is 32.9 Å². The molecule has 0 fully saturated rings. The monoisotopic (exact) mass is 441 g/mol. The summed E-state index contributed by atoms with van der Waals surface area (Å²) >= 11 is 3.39. The van der Waals surface area contributed by atoms with Gasteiger partial charge in [-0.05, 0) is 42.8 Å². The Morgan fingerprint density at radius 3 is 2.57 bits per heavy atom. The third-order valence-corrected chi connectivity index (χ3v) is 5.49. The standard InChI is InChI=1S/C23H28BrN3O/c1-2-3-4-5-8-17-27-21-10-7-6-9-20(21)26-22(27)15-16-25-23(28)18-11-13-19(24)14-12-18/h6-7,9-14H,2-5,8,15-17H2,1H3,(H,25,28). The van der Waals surface area contributed by atoms with Crippen molar-refractivity contribution in [3.63, 3.8) is 0 Å². The van der Waals surface area contributed by atoms with Crippen molar-refractivity contribution in [1.82, 2.24) is 14.9 Å². The first-order valence-corrected chi connectivity index (χ1v) is 11.0. The molecule has 28 heavy (non-hydrogen) atoms. The lowest BCUT2D eigenvalue weighted by molar-refractivity contribution is 0.0954. The van der Waals surface area contributed by atoms with Gasteiger partial charge in [-0.1, -0.05) is 60.7 Å². The van der Waals surface area contributed by atoms with E-state index in [2.05, 4.69) is 50.9 Å². The van der Waals surface area contributed by atoms with E-state index in [1.165, 1.54) is 37.6 Å². The second-order valence-electron chi connectivity index (χ2n) is 7.10. The first-order valence-electron chi connectivity index (χ1n) is 10.2. The zero-order valence-corrected chi connectivity index (χ0v) is 18.0. The third-order valence-electron chi connectivity index (χ3n) is 4.96. The highest BCUT2D eigenvalue weighted by Crippen LogP contribution is 2.18. The zero-order chi connectivity index (χ0) is 19.8. The van der Waals surface area contributed by atoms with Crippen molar-refractivity contribution in [2.24, 2.45) is 0 Å². The lowest BCUT2D eigenvalue weighted by Gasteiger charge is -2.10. The molecule has 0 aliphatic carbocycles. The number of imidazole rings is 1. The number of para-hydroxylation sites is 2. The minimum absolute atomic E-state index is 0.0465. The molecule has 0 radical (unpaired) electrons. The van der Waals surface area contributed by atoms with Crippen molar-refractivity contribution in [3.05, 3.63) is 64.4 Å². The maximum absolute atomic E-state index is 12.3. The van der Waals surface area contributed by atoms with Gasteiger partial charge in [-0.3, -0.25) is 4.79 Å². The van der Waals surface area contributed by atoms with E-state index in [9.17, 15) is 4.79 Å². The topological polar surface area (TPSA) is 46.9 Å². The van der Waals surface area contributed by atoms with Crippen molar-refractivity contribution in [1.29, 1.82) is 0 Å². The predicted octanol–water partition coefficient (Wildman–Crippen LogP) is 5.74. The molecule has 0 aliphatic heterocycles. The molecule has 0 spiro atoms. The second-order valence-corrected chi connectivity index (χ2v) is 8.01. The van der Waals surface area contributed by atoms with Gasteiger partial charge < -0.3 is 9.88 Å². The van der Waals surface area contributed by atoms with Crippen molar-refractivity contribution in [3.8, 4) is 0 Å². The molecule has 3 rings (SSSR count). The summed E-state index contributed by atoms with van der Waals surface area (Å²) in [6.45, 7) is 3.80. The van der Waals surface area contributed by atoms with Crippen LogP contribution >= 0.6 is 15.9 Å². The number of benzene rings is 2. The molecule has 0 atom stereocenters. The quantitative estimate of drug-likeness (QED) is 0.407. The van der Waals surface area contributed by atoms with Gasteiger partial charge in [0.1, 0.15) is 5.82 Å². The van der Waals surface area contributed by atoms with Gasteiger partial charge in [0.25, 0.3) is 5.91 Å². The molecule has 1 aromatic heterocycles. The van der Waals surface area contributed by atoms with Crippen LogP contribution in [-0.4, -0.2) is 22.0 Å². The Labute approximate surface area is 175 Å². The van der Waals surface area contributed by atoms with E-state index in [4.69, 9.17) is 4.98 Å². The highest BCUT2D eigenvalue weighted by molar-refractivity contribution is 9.10. The molecule has 0 aliphatic rings. The van der Waals surface area contributed by atoms with Crippen LogP contribution in [0.2, 0.25) is 0 Å². The number of hydrogen-bond donors (Lipinski definition) is 1. The van der Waals surface area contributed by atoms with E-state index in [0.717, 1.165) is 28.8 Å². The Hall–Kier alpha value is -2.14. The van der Waals surface area contributed by atoms with Gasteiger partial charge in [0.15, 0.2) is 0 Å². The lowest BCUT2D eigenvalue weighted by atomic mass is 10.1. The van der Waals surface area contributed by atoms with E-state index < -0.39 is 0 Å². The maximum Gasteiger partial charge on any atom is 0.251 e. The molecule has 5 heteroatoms. The maximum atomic E-state index is 12.3. The average Bonchev–Trinajstić information content (AvgIpc) is 3.06. The number of carbonyl (C=O) groups excluding carboxylic acids is 1. The van der Waals surface area contributed by atoms with E-state index >= 15 is 0 Å². The number of nitrogens with zero attached hydrogens (tertiary/aromatic N) is 2. The summed E-state index contributed by atoms with van der Waals surface area (Å²) in [5, 5.41) is 3.01. The highest BCUT2D eigenvalue weighted by Gasteiger charge is 2.11. The SMILES string of the molecule is CCCCCCCn1c(CCNC(=O)c2ccc(Br)cc2)nc2ccccc21. The minimum atomic E-state index is -0.0465. The molecular formula is C23H28BrN3O. The van der Waals surface area contributed by atoms with Crippen molar-refractivity contribution in [2.75, 3.05) is 6.54 Å². The van der Waals surface area contributed by atoms with Crippen LogP contribution in [-0.2, 0) is 13.0 Å². The van der Waals surface area contributed by atoms with Gasteiger partial charge in [-0.2, -0.15) is 0 Å². The highest BCUT2D eigenvalue weighted by atomic mass is 79.9. The van der Waals surface area contributed by atoms with E-state index in [1.807, 2.05) is 30.3 Å². The summed E-state index contributed by atoms with van der Waals surface area (Å²) in [5.41, 5.74) is 2.89. The van der Waals surface area contributed by atoms with Gasteiger partial charge in [0, 0.05) is 29.5 Å². The fourth-order valence-electron chi connectivity index (χ4n) is 3.43. The van der Waals surface area contributed by atoms with Crippen LogP contribution in [0.3, 0.4) is 0 Å². The third kappa shape index (κ3) is 5.44. The Balaban J connectivity index is 1.62. The van der Waals surface area contributed by atoms with Crippen molar-refractivity contribution in [2.45, 2.75) is 52.0 Å². The molecular weight excluding hydrogens is 414 g/mol. The van der Waals surface area contributed by atoms with Crippen LogP contribution in [0.15, 0.2) is 53.0 Å². The number of amides is 1. The van der Waals surface area contributed by atoms with Gasteiger partial charge in [0.2, 0.25) is 0 Å². The fourth-order valence-corrected chi connectivity index (χ4v) is 3.69. The van der Waals surface area contributed by atoms with Crippen LogP contribution in [0.1, 0.15) is 55.2 Å². The largest absolute Gasteiger partial charge is 0.352 e. The molecule has 3 aromatic rings. The smallest absolute Gasteiger partial charge is 0.251 e. The summed E-state index contributed by atoms with van der Waals surface area (Å²) in [6.07, 6.45) is 7.00. The summed E-state index contributed by atoms with van der Waals surface area (Å²) < 4.78 is 3.30. The first kappa shape index (κ1) is 20.6. The molecule has 0 bridgehead atoms. The van der Waals surface area contributed by atoms with Gasteiger partial charge in [-0.25, -0.2) is 4.98 Å². The minimum Gasteiger partial charge on any atom is -0.352 e. The molecule has 1 heterocycles. The molecule has 0 unspecified atom stereocenters. The summed E-state index contributed by atoms with van der Waals surface area (Å²) in [5.74, 6) is 1.00. The molecule has 0 saturated heterocycles. The fraction of sp³-hybridized carbons (Fsp3) is 0.391. The lowest BCUT2D eigenvalue weighted by Crippen LogP contribution is -2.26. The molecule has 1 N–H and O–H groups in total. The normalized spacial score (nSPS) is 11.1. The molecule has 0 saturated carbocycles. The van der Waals surface area contributed by atoms with Crippen LogP contribution in [0.5, 0.6) is 0 Å². The summed E-state index contributed by atoms with van der Waals surface area (Å²) in [6, 6.07) is 15.7. The number of nitrogens with one attached hydrogen (secondary N) is 1. The summed E-state index contributed by atoms with van der Waals surface area (Å²) in [7, 11) is 0. The van der Waals surface area contributed by atoms with Crippen LogP contribution in [0.4, 0.5) is 0 Å². The number of rotatable bonds is 10. The number of hydrogen-bond acceptors (Lipinski definition) is 2. The second kappa shape index (κ2) is 10.4. The molecule has 148 valence electrons. The Morgan fingerprint density at radius 2 is 1.79 bits per heavy atom. The van der Waals surface area contributed by atoms with E-state index in [0.29, 0.717) is 12.1 Å².